The zero-order chi connectivity index (χ0) is 13.4. The Hall–Kier alpha value is -2.38. The molecule has 2 aromatic rings. The van der Waals surface area contributed by atoms with Crippen LogP contribution in [0.1, 0.15) is 40.8 Å². The van der Waals surface area contributed by atoms with Crippen LogP contribution in [0.5, 0.6) is 0 Å². The van der Waals surface area contributed by atoms with Gasteiger partial charge in [-0.1, -0.05) is 0 Å². The van der Waals surface area contributed by atoms with E-state index >= 15 is 0 Å². The van der Waals surface area contributed by atoms with Crippen molar-refractivity contribution in [3.8, 4) is 0 Å². The number of aromatic amines is 1. The Bertz CT molecular complexity index is 610. The summed E-state index contributed by atoms with van der Waals surface area (Å²) in [7, 11) is 1.75. The van der Waals surface area contributed by atoms with Gasteiger partial charge in [-0.15, -0.1) is 5.10 Å². The summed E-state index contributed by atoms with van der Waals surface area (Å²) in [5.74, 6) is 1.64. The molecule has 19 heavy (non-hydrogen) atoms. The number of carbonyl (C=O) groups is 1. The lowest BCUT2D eigenvalue weighted by atomic mass is 10.3. The third kappa shape index (κ3) is 2.28. The predicted molar refractivity (Wildman–Crippen MR) is 67.1 cm³/mol. The molecule has 1 aliphatic rings. The number of anilines is 1. The van der Waals surface area contributed by atoms with Crippen molar-refractivity contribution in [3.05, 3.63) is 23.4 Å². The molecule has 2 heterocycles. The highest BCUT2D eigenvalue weighted by Gasteiger charge is 2.28. The summed E-state index contributed by atoms with van der Waals surface area (Å²) in [6.07, 6.45) is 3.86. The monoisotopic (exact) mass is 261 g/mol. The zero-order valence-electron chi connectivity index (χ0n) is 10.6. The number of nitrogen functional groups attached to an aromatic ring is 1. The number of hydrogen-bond acceptors (Lipinski definition) is 5. The maximum Gasteiger partial charge on any atom is 0.291 e. The van der Waals surface area contributed by atoms with Crippen LogP contribution < -0.4 is 11.1 Å². The highest BCUT2D eigenvalue weighted by atomic mass is 16.2. The van der Waals surface area contributed by atoms with E-state index in [2.05, 4.69) is 25.6 Å². The molecule has 1 saturated carbocycles. The van der Waals surface area contributed by atoms with Crippen LogP contribution in [0, 0.1) is 0 Å². The molecule has 4 N–H and O–H groups in total. The first kappa shape index (κ1) is 11.7. The van der Waals surface area contributed by atoms with Gasteiger partial charge in [-0.05, 0) is 12.8 Å². The molecular weight excluding hydrogens is 246 g/mol. The minimum atomic E-state index is -0.314. The van der Waals surface area contributed by atoms with Crippen molar-refractivity contribution in [3.63, 3.8) is 0 Å². The Morgan fingerprint density at radius 3 is 3.05 bits per heavy atom. The number of aromatic nitrogens is 5. The van der Waals surface area contributed by atoms with Gasteiger partial charge < -0.3 is 11.1 Å². The van der Waals surface area contributed by atoms with Gasteiger partial charge in [0.15, 0.2) is 0 Å². The Balaban J connectivity index is 1.62. The van der Waals surface area contributed by atoms with Crippen molar-refractivity contribution in [2.24, 2.45) is 7.05 Å². The van der Waals surface area contributed by atoms with Gasteiger partial charge in [-0.2, -0.15) is 5.10 Å². The average molecular weight is 261 g/mol. The second kappa shape index (κ2) is 4.38. The van der Waals surface area contributed by atoms with E-state index in [4.69, 9.17) is 5.73 Å². The number of amides is 1. The van der Waals surface area contributed by atoms with Crippen LogP contribution in [0.15, 0.2) is 6.20 Å². The fraction of sp³-hybridized carbons (Fsp3) is 0.455. The van der Waals surface area contributed by atoms with E-state index in [1.54, 1.807) is 17.9 Å². The Morgan fingerprint density at radius 1 is 1.63 bits per heavy atom. The summed E-state index contributed by atoms with van der Waals surface area (Å²) in [5.41, 5.74) is 6.56. The Morgan fingerprint density at radius 2 is 2.42 bits per heavy atom. The molecule has 8 nitrogen and oxygen atoms in total. The third-order valence-corrected chi connectivity index (χ3v) is 3.17. The molecule has 100 valence electrons. The van der Waals surface area contributed by atoms with Gasteiger partial charge in [0.05, 0.1) is 6.20 Å². The number of nitrogens with zero attached hydrogens (tertiary/aromatic N) is 4. The number of aryl methyl sites for hydroxylation is 1. The van der Waals surface area contributed by atoms with Gasteiger partial charge in [0.25, 0.3) is 5.91 Å². The molecule has 2 aromatic heterocycles. The van der Waals surface area contributed by atoms with E-state index in [1.165, 1.54) is 0 Å². The van der Waals surface area contributed by atoms with Crippen LogP contribution in [0.25, 0.3) is 0 Å². The van der Waals surface area contributed by atoms with Gasteiger partial charge in [-0.3, -0.25) is 14.6 Å². The van der Waals surface area contributed by atoms with Gasteiger partial charge in [0.1, 0.15) is 11.6 Å². The molecule has 3 rings (SSSR count). The second-order valence-electron chi connectivity index (χ2n) is 4.68. The highest BCUT2D eigenvalue weighted by Crippen LogP contribution is 2.37. The van der Waals surface area contributed by atoms with Crippen molar-refractivity contribution < 1.29 is 4.79 Å². The first-order chi connectivity index (χ1) is 9.15. The van der Waals surface area contributed by atoms with Crippen LogP contribution in [-0.4, -0.2) is 30.9 Å². The lowest BCUT2D eigenvalue weighted by Gasteiger charge is -2.01. The quantitative estimate of drug-likeness (QED) is 0.712. The van der Waals surface area contributed by atoms with Crippen LogP contribution in [0.2, 0.25) is 0 Å². The van der Waals surface area contributed by atoms with Crippen LogP contribution in [0.3, 0.4) is 0 Å². The molecule has 0 spiro atoms. The SMILES string of the molecule is Cn1ncc(CNC(=O)c2n[nH]c(C3CC3)n2)c1N. The molecule has 0 radical (unpaired) electrons. The predicted octanol–water partition coefficient (Wildman–Crippen LogP) is -0.0722. The topological polar surface area (TPSA) is 115 Å². The molecule has 8 heteroatoms. The molecule has 0 aliphatic heterocycles. The molecule has 0 bridgehead atoms. The van der Waals surface area contributed by atoms with Crippen molar-refractivity contribution in [1.29, 1.82) is 0 Å². The maximum atomic E-state index is 11.9. The standard InChI is InChI=1S/C11H15N7O/c1-18-8(12)7(5-14-18)4-13-11(19)10-15-9(16-17-10)6-2-3-6/h5-6H,2-4,12H2,1H3,(H,13,19)(H,15,16,17). The number of nitrogens with one attached hydrogen (secondary N) is 2. The van der Waals surface area contributed by atoms with Crippen LogP contribution >= 0.6 is 0 Å². The fourth-order valence-electron chi connectivity index (χ4n) is 1.80. The molecule has 1 fully saturated rings. The molecule has 1 amide bonds. The minimum Gasteiger partial charge on any atom is -0.384 e. The lowest BCUT2D eigenvalue weighted by molar-refractivity contribution is 0.0941. The molecule has 0 atom stereocenters. The largest absolute Gasteiger partial charge is 0.384 e. The van der Waals surface area contributed by atoms with E-state index in [9.17, 15) is 4.79 Å². The maximum absolute atomic E-state index is 11.9. The van der Waals surface area contributed by atoms with E-state index < -0.39 is 0 Å². The summed E-state index contributed by atoms with van der Waals surface area (Å²) in [5, 5.41) is 13.4. The summed E-state index contributed by atoms with van der Waals surface area (Å²) in [6, 6.07) is 0. The van der Waals surface area contributed by atoms with Gasteiger partial charge in [0.2, 0.25) is 5.82 Å². The molecule has 1 aliphatic carbocycles. The average Bonchev–Trinajstić information content (AvgIpc) is 3.06. The van der Waals surface area contributed by atoms with Crippen molar-refractivity contribution in [2.45, 2.75) is 25.3 Å². The second-order valence-corrected chi connectivity index (χ2v) is 4.68. The molecular formula is C11H15N7O. The lowest BCUT2D eigenvalue weighted by Crippen LogP contribution is -2.24. The van der Waals surface area contributed by atoms with Crippen LogP contribution in [0.4, 0.5) is 5.82 Å². The van der Waals surface area contributed by atoms with E-state index in [1.807, 2.05) is 0 Å². The molecule has 0 unspecified atom stereocenters. The highest BCUT2D eigenvalue weighted by molar-refractivity contribution is 5.90. The summed E-state index contributed by atoms with van der Waals surface area (Å²) in [6.45, 7) is 0.311. The number of H-pyrrole nitrogens is 1. The van der Waals surface area contributed by atoms with E-state index in [0.29, 0.717) is 18.3 Å². The summed E-state index contributed by atoms with van der Waals surface area (Å²) >= 11 is 0. The van der Waals surface area contributed by atoms with Gasteiger partial charge in [-0.25, -0.2) is 4.98 Å². The molecule has 0 saturated heterocycles. The summed E-state index contributed by atoms with van der Waals surface area (Å²) in [4.78, 5) is 16.0. The van der Waals surface area contributed by atoms with Crippen molar-refractivity contribution >= 4 is 11.7 Å². The number of rotatable bonds is 4. The van der Waals surface area contributed by atoms with Crippen molar-refractivity contribution in [2.75, 3.05) is 5.73 Å². The number of hydrogen-bond donors (Lipinski definition) is 3. The van der Waals surface area contributed by atoms with Gasteiger partial charge in [0, 0.05) is 25.1 Å². The van der Waals surface area contributed by atoms with E-state index in [-0.39, 0.29) is 11.7 Å². The fourth-order valence-corrected chi connectivity index (χ4v) is 1.80. The normalized spacial score (nSPS) is 14.6. The van der Waals surface area contributed by atoms with E-state index in [0.717, 1.165) is 24.2 Å². The Labute approximate surface area is 109 Å². The number of carbonyl (C=O) groups excluding carboxylic acids is 1. The van der Waals surface area contributed by atoms with Crippen LogP contribution in [-0.2, 0) is 13.6 Å². The van der Waals surface area contributed by atoms with Gasteiger partial charge >= 0.3 is 0 Å². The zero-order valence-corrected chi connectivity index (χ0v) is 10.6. The first-order valence-corrected chi connectivity index (χ1v) is 6.12. The Kier molecular flexibility index (Phi) is 2.69. The minimum absolute atomic E-state index is 0.171. The third-order valence-electron chi connectivity index (χ3n) is 3.17. The molecule has 0 aromatic carbocycles. The summed E-state index contributed by atoms with van der Waals surface area (Å²) < 4.78 is 1.56. The first-order valence-electron chi connectivity index (χ1n) is 6.12. The smallest absolute Gasteiger partial charge is 0.291 e. The number of nitrogens with two attached hydrogens (primary N) is 1. The van der Waals surface area contributed by atoms with Crippen molar-refractivity contribution in [1.82, 2.24) is 30.3 Å².